The first-order valence-electron chi connectivity index (χ1n) is 8.63. The van der Waals surface area contributed by atoms with Crippen LogP contribution in [0.3, 0.4) is 0 Å². The topological polar surface area (TPSA) is 96.5 Å². The summed E-state index contributed by atoms with van der Waals surface area (Å²) < 4.78 is 5.24. The number of ether oxygens (including phenoxy) is 1. The van der Waals surface area contributed by atoms with Crippen molar-refractivity contribution in [2.75, 3.05) is 17.7 Å². The van der Waals surface area contributed by atoms with Crippen molar-refractivity contribution in [3.05, 3.63) is 53.6 Å². The van der Waals surface area contributed by atoms with Gasteiger partial charge in [-0.15, -0.1) is 0 Å². The Morgan fingerprint density at radius 3 is 2.74 bits per heavy atom. The molecule has 0 aliphatic carbocycles. The van der Waals surface area contributed by atoms with Crippen LogP contribution in [-0.2, 0) is 9.59 Å². The van der Waals surface area contributed by atoms with Crippen molar-refractivity contribution in [3.63, 3.8) is 0 Å². The van der Waals surface area contributed by atoms with Crippen LogP contribution in [0.4, 0.5) is 11.4 Å². The number of para-hydroxylation sites is 1. The molecule has 0 spiro atoms. The number of nitrogens with one attached hydrogen (secondary N) is 3. The minimum atomic E-state index is -0.782. The summed E-state index contributed by atoms with van der Waals surface area (Å²) >= 11 is 0. The molecule has 3 rings (SSSR count). The van der Waals surface area contributed by atoms with Crippen molar-refractivity contribution in [1.82, 2.24) is 5.32 Å². The number of rotatable bonds is 5. The van der Waals surface area contributed by atoms with Gasteiger partial charge >= 0.3 is 0 Å². The molecule has 2 aromatic rings. The van der Waals surface area contributed by atoms with Crippen LogP contribution < -0.4 is 20.7 Å². The maximum atomic E-state index is 12.4. The zero-order valence-electron chi connectivity index (χ0n) is 15.2. The minimum Gasteiger partial charge on any atom is -0.495 e. The molecule has 27 heavy (non-hydrogen) atoms. The SMILES string of the molecule is COc1ccc(C)cc1NC(=O)CC[C@H]1NC(=O)c2ccccc2NC1=O. The lowest BCUT2D eigenvalue weighted by Gasteiger charge is -2.15. The van der Waals surface area contributed by atoms with E-state index >= 15 is 0 Å². The number of benzene rings is 2. The second-order valence-corrected chi connectivity index (χ2v) is 6.35. The lowest BCUT2D eigenvalue weighted by atomic mass is 10.1. The standard InChI is InChI=1S/C20H21N3O4/c1-12-7-9-17(27-2)16(11-12)21-18(24)10-8-15-20(26)22-14-6-4-3-5-13(14)19(25)23-15/h3-7,9,11,15H,8,10H2,1-2H3,(H,21,24)(H,22,26)(H,23,25)/t15-/m1/s1. The smallest absolute Gasteiger partial charge is 0.254 e. The third kappa shape index (κ3) is 4.25. The van der Waals surface area contributed by atoms with Gasteiger partial charge in [0.25, 0.3) is 5.91 Å². The lowest BCUT2D eigenvalue weighted by molar-refractivity contribution is -0.118. The summed E-state index contributed by atoms with van der Waals surface area (Å²) in [4.78, 5) is 37.0. The van der Waals surface area contributed by atoms with Crippen LogP contribution in [0.5, 0.6) is 5.75 Å². The van der Waals surface area contributed by atoms with Crippen LogP contribution in [0.15, 0.2) is 42.5 Å². The maximum Gasteiger partial charge on any atom is 0.254 e. The van der Waals surface area contributed by atoms with Gasteiger partial charge in [-0.2, -0.15) is 0 Å². The number of anilines is 2. The van der Waals surface area contributed by atoms with Crippen molar-refractivity contribution in [1.29, 1.82) is 0 Å². The van der Waals surface area contributed by atoms with E-state index in [9.17, 15) is 14.4 Å². The maximum absolute atomic E-state index is 12.4. The van der Waals surface area contributed by atoms with E-state index in [1.807, 2.05) is 19.1 Å². The first kappa shape index (κ1) is 18.4. The molecule has 140 valence electrons. The van der Waals surface area contributed by atoms with E-state index in [-0.39, 0.29) is 30.6 Å². The van der Waals surface area contributed by atoms with E-state index in [4.69, 9.17) is 4.74 Å². The average molecular weight is 367 g/mol. The average Bonchev–Trinajstić information content (AvgIpc) is 2.76. The summed E-state index contributed by atoms with van der Waals surface area (Å²) in [5.41, 5.74) is 2.43. The van der Waals surface area contributed by atoms with Gasteiger partial charge in [-0.25, -0.2) is 0 Å². The molecular formula is C20H21N3O4. The van der Waals surface area contributed by atoms with Crippen LogP contribution in [0.2, 0.25) is 0 Å². The van der Waals surface area contributed by atoms with Gasteiger partial charge < -0.3 is 20.7 Å². The molecule has 3 N–H and O–H groups in total. The molecule has 0 unspecified atom stereocenters. The molecule has 3 amide bonds. The molecule has 0 saturated heterocycles. The molecule has 0 fully saturated rings. The summed E-state index contributed by atoms with van der Waals surface area (Å²) in [6, 6.07) is 11.5. The molecule has 7 heteroatoms. The quantitative estimate of drug-likeness (QED) is 0.756. The van der Waals surface area contributed by atoms with Gasteiger partial charge in [-0.1, -0.05) is 18.2 Å². The molecular weight excluding hydrogens is 346 g/mol. The molecule has 0 radical (unpaired) electrons. The number of carbonyl (C=O) groups is 3. The molecule has 7 nitrogen and oxygen atoms in total. The zero-order valence-corrected chi connectivity index (χ0v) is 15.2. The van der Waals surface area contributed by atoms with Gasteiger partial charge in [0.2, 0.25) is 11.8 Å². The van der Waals surface area contributed by atoms with Gasteiger partial charge in [-0.05, 0) is 43.2 Å². The van der Waals surface area contributed by atoms with Crippen LogP contribution in [0.25, 0.3) is 0 Å². The fourth-order valence-corrected chi connectivity index (χ4v) is 2.92. The Hall–Kier alpha value is -3.35. The summed E-state index contributed by atoms with van der Waals surface area (Å²) in [7, 11) is 1.53. The van der Waals surface area contributed by atoms with E-state index in [0.29, 0.717) is 22.7 Å². The fraction of sp³-hybridized carbons (Fsp3) is 0.250. The van der Waals surface area contributed by atoms with Crippen LogP contribution in [-0.4, -0.2) is 30.9 Å². The largest absolute Gasteiger partial charge is 0.495 e. The first-order valence-corrected chi connectivity index (χ1v) is 8.63. The first-order chi connectivity index (χ1) is 13.0. The van der Waals surface area contributed by atoms with E-state index < -0.39 is 6.04 Å². The van der Waals surface area contributed by atoms with E-state index in [2.05, 4.69) is 16.0 Å². The number of carbonyl (C=O) groups excluding carboxylic acids is 3. The number of methoxy groups -OCH3 is 1. The van der Waals surface area contributed by atoms with Crippen molar-refractivity contribution in [2.45, 2.75) is 25.8 Å². The van der Waals surface area contributed by atoms with E-state index in [0.717, 1.165) is 5.56 Å². The molecule has 1 aliphatic heterocycles. The predicted molar refractivity (Wildman–Crippen MR) is 102 cm³/mol. The number of fused-ring (bicyclic) bond motifs is 1. The molecule has 1 heterocycles. The number of hydrogen-bond donors (Lipinski definition) is 3. The Balaban J connectivity index is 1.63. The predicted octanol–water partition coefficient (Wildman–Crippen LogP) is 2.47. The van der Waals surface area contributed by atoms with Crippen molar-refractivity contribution < 1.29 is 19.1 Å². The summed E-state index contributed by atoms with van der Waals surface area (Å²) in [6.45, 7) is 1.91. The van der Waals surface area contributed by atoms with Gasteiger partial charge in [-0.3, -0.25) is 14.4 Å². The highest BCUT2D eigenvalue weighted by Gasteiger charge is 2.27. The van der Waals surface area contributed by atoms with Crippen molar-refractivity contribution in [2.24, 2.45) is 0 Å². The third-order valence-electron chi connectivity index (χ3n) is 4.34. The van der Waals surface area contributed by atoms with Crippen LogP contribution >= 0.6 is 0 Å². The lowest BCUT2D eigenvalue weighted by Crippen LogP contribution is -2.41. The Kier molecular flexibility index (Phi) is 5.40. The van der Waals surface area contributed by atoms with E-state index in [1.165, 1.54) is 7.11 Å². The number of hydrogen-bond acceptors (Lipinski definition) is 4. The fourth-order valence-electron chi connectivity index (χ4n) is 2.92. The van der Waals surface area contributed by atoms with Gasteiger partial charge in [0, 0.05) is 6.42 Å². The van der Waals surface area contributed by atoms with Gasteiger partial charge in [0.05, 0.1) is 24.0 Å². The molecule has 0 bridgehead atoms. The third-order valence-corrected chi connectivity index (χ3v) is 4.34. The zero-order chi connectivity index (χ0) is 19.4. The highest BCUT2D eigenvalue weighted by atomic mass is 16.5. The van der Waals surface area contributed by atoms with E-state index in [1.54, 1.807) is 30.3 Å². The minimum absolute atomic E-state index is 0.0752. The van der Waals surface area contributed by atoms with Crippen molar-refractivity contribution in [3.8, 4) is 5.75 Å². The second kappa shape index (κ2) is 7.90. The van der Waals surface area contributed by atoms with Crippen molar-refractivity contribution >= 4 is 29.1 Å². The highest BCUT2D eigenvalue weighted by Crippen LogP contribution is 2.25. The summed E-state index contributed by atoms with van der Waals surface area (Å²) in [6.07, 6.45) is 0.261. The van der Waals surface area contributed by atoms with Gasteiger partial charge in [0.1, 0.15) is 11.8 Å². The van der Waals surface area contributed by atoms with Crippen LogP contribution in [0.1, 0.15) is 28.8 Å². The monoisotopic (exact) mass is 367 g/mol. The second-order valence-electron chi connectivity index (χ2n) is 6.35. The molecule has 2 aromatic carbocycles. The highest BCUT2D eigenvalue weighted by molar-refractivity contribution is 6.10. The van der Waals surface area contributed by atoms with Crippen LogP contribution in [0, 0.1) is 6.92 Å². The molecule has 0 aromatic heterocycles. The molecule has 0 saturated carbocycles. The summed E-state index contributed by atoms with van der Waals surface area (Å²) in [5.74, 6) is -0.378. The number of amides is 3. The normalized spacial score (nSPS) is 15.9. The molecule has 1 aliphatic rings. The Labute approximate surface area is 157 Å². The number of aryl methyl sites for hydroxylation is 1. The Morgan fingerprint density at radius 2 is 1.96 bits per heavy atom. The Morgan fingerprint density at radius 1 is 1.19 bits per heavy atom. The summed E-state index contributed by atoms with van der Waals surface area (Å²) in [5, 5.41) is 8.20. The van der Waals surface area contributed by atoms with Gasteiger partial charge in [0.15, 0.2) is 0 Å². The molecule has 1 atom stereocenters. The Bertz CT molecular complexity index is 895.